The van der Waals surface area contributed by atoms with Crippen molar-refractivity contribution in [1.29, 1.82) is 0 Å². The molecule has 2 rings (SSSR count). The molecular weight excluding hydrogens is 318 g/mol. The van der Waals surface area contributed by atoms with Gasteiger partial charge < -0.3 is 14.8 Å². The van der Waals surface area contributed by atoms with E-state index in [1.165, 1.54) is 18.4 Å². The number of hydrogen-bond donors (Lipinski definition) is 1. The fourth-order valence-corrected chi connectivity index (χ4v) is 3.74. The maximum Gasteiger partial charge on any atom is 0.341 e. The van der Waals surface area contributed by atoms with Crippen molar-refractivity contribution in [3.63, 3.8) is 0 Å². The minimum absolute atomic E-state index is 0.245. The number of thiophene rings is 1. The summed E-state index contributed by atoms with van der Waals surface area (Å²) < 4.78 is 9.55. The highest BCUT2D eigenvalue weighted by Gasteiger charge is 2.26. The lowest BCUT2D eigenvalue weighted by Gasteiger charge is -2.11. The van der Waals surface area contributed by atoms with Crippen LogP contribution in [0.15, 0.2) is 12.2 Å². The Morgan fingerprint density at radius 3 is 2.65 bits per heavy atom. The first kappa shape index (κ1) is 17.2. The summed E-state index contributed by atoms with van der Waals surface area (Å²) in [5, 5.41) is 3.14. The van der Waals surface area contributed by atoms with Crippen molar-refractivity contribution in [2.24, 2.45) is 0 Å². The number of anilines is 1. The molecule has 0 spiro atoms. The minimum Gasteiger partial charge on any atom is -0.465 e. The summed E-state index contributed by atoms with van der Waals surface area (Å²) in [5.74, 6) is -1.52. The largest absolute Gasteiger partial charge is 0.465 e. The molecule has 0 aromatic carbocycles. The highest BCUT2D eigenvalue weighted by atomic mass is 32.1. The van der Waals surface area contributed by atoms with E-state index in [-0.39, 0.29) is 6.61 Å². The van der Waals surface area contributed by atoms with Gasteiger partial charge in [0.25, 0.3) is 0 Å². The molecule has 7 heteroatoms. The Kier molecular flexibility index (Phi) is 5.92. The molecule has 0 bridgehead atoms. The second-order valence-corrected chi connectivity index (χ2v) is 6.09. The van der Waals surface area contributed by atoms with E-state index < -0.39 is 17.8 Å². The number of rotatable bonds is 5. The number of carbonyl (C=O) groups excluding carboxylic acids is 3. The SMILES string of the molecule is CCOC(=O)/C=C/C(=O)Nc1sc2c(c1C(=O)OC)CCCC2. The number of methoxy groups -OCH3 is 1. The maximum atomic E-state index is 12.0. The van der Waals surface area contributed by atoms with Crippen LogP contribution in [0.1, 0.15) is 40.6 Å². The van der Waals surface area contributed by atoms with Crippen LogP contribution in [-0.4, -0.2) is 31.6 Å². The molecule has 0 unspecified atom stereocenters. The average Bonchev–Trinajstić information content (AvgIpc) is 2.90. The van der Waals surface area contributed by atoms with Gasteiger partial charge in [0.2, 0.25) is 5.91 Å². The van der Waals surface area contributed by atoms with Gasteiger partial charge in [-0.05, 0) is 38.2 Å². The van der Waals surface area contributed by atoms with E-state index in [2.05, 4.69) is 5.32 Å². The predicted molar refractivity (Wildman–Crippen MR) is 86.7 cm³/mol. The number of fused-ring (bicyclic) bond motifs is 1. The molecule has 1 amide bonds. The van der Waals surface area contributed by atoms with E-state index in [1.54, 1.807) is 6.92 Å². The van der Waals surface area contributed by atoms with Crippen LogP contribution in [0.4, 0.5) is 5.00 Å². The zero-order valence-electron chi connectivity index (χ0n) is 13.1. The lowest BCUT2D eigenvalue weighted by atomic mass is 9.95. The van der Waals surface area contributed by atoms with Gasteiger partial charge in [0.1, 0.15) is 5.00 Å². The summed E-state index contributed by atoms with van der Waals surface area (Å²) in [4.78, 5) is 36.3. The van der Waals surface area contributed by atoms with Gasteiger partial charge in [-0.1, -0.05) is 0 Å². The first-order chi connectivity index (χ1) is 11.1. The number of carbonyl (C=O) groups is 3. The van der Waals surface area contributed by atoms with Crippen molar-refractivity contribution in [3.05, 3.63) is 28.2 Å². The lowest BCUT2D eigenvalue weighted by Crippen LogP contribution is -2.13. The van der Waals surface area contributed by atoms with Gasteiger partial charge in [-0.3, -0.25) is 4.79 Å². The van der Waals surface area contributed by atoms with E-state index in [4.69, 9.17) is 9.47 Å². The minimum atomic E-state index is -0.582. The normalized spacial score (nSPS) is 13.5. The number of nitrogens with one attached hydrogen (secondary N) is 1. The summed E-state index contributed by atoms with van der Waals surface area (Å²) in [5.41, 5.74) is 1.41. The molecule has 1 aromatic rings. The summed E-state index contributed by atoms with van der Waals surface area (Å²) in [6.07, 6.45) is 5.96. The van der Waals surface area contributed by atoms with Crippen LogP contribution < -0.4 is 5.32 Å². The maximum absolute atomic E-state index is 12.0. The molecule has 23 heavy (non-hydrogen) atoms. The van der Waals surface area contributed by atoms with Crippen LogP contribution in [0.5, 0.6) is 0 Å². The quantitative estimate of drug-likeness (QED) is 0.659. The van der Waals surface area contributed by atoms with Crippen molar-refractivity contribution >= 4 is 34.2 Å². The molecular formula is C16H19NO5S. The summed E-state index contributed by atoms with van der Waals surface area (Å²) in [6.45, 7) is 1.93. The van der Waals surface area contributed by atoms with Crippen LogP contribution in [0.25, 0.3) is 0 Å². The summed E-state index contributed by atoms with van der Waals surface area (Å²) >= 11 is 1.40. The molecule has 1 aliphatic carbocycles. The Morgan fingerprint density at radius 2 is 1.96 bits per heavy atom. The van der Waals surface area contributed by atoms with Crippen LogP contribution in [0, 0.1) is 0 Å². The molecule has 0 saturated heterocycles. The van der Waals surface area contributed by atoms with Gasteiger partial charge in [0, 0.05) is 17.0 Å². The van der Waals surface area contributed by atoms with E-state index in [0.29, 0.717) is 10.6 Å². The van der Waals surface area contributed by atoms with E-state index in [0.717, 1.165) is 48.3 Å². The van der Waals surface area contributed by atoms with Crippen LogP contribution in [0.3, 0.4) is 0 Å². The highest BCUT2D eigenvalue weighted by molar-refractivity contribution is 7.17. The first-order valence-electron chi connectivity index (χ1n) is 7.45. The van der Waals surface area contributed by atoms with Crippen molar-refractivity contribution < 1.29 is 23.9 Å². The van der Waals surface area contributed by atoms with Gasteiger partial charge in [-0.2, -0.15) is 0 Å². The van der Waals surface area contributed by atoms with Crippen molar-refractivity contribution in [3.8, 4) is 0 Å². The number of ether oxygens (including phenoxy) is 2. The first-order valence-corrected chi connectivity index (χ1v) is 8.27. The third-order valence-electron chi connectivity index (χ3n) is 3.45. The zero-order chi connectivity index (χ0) is 16.8. The number of amides is 1. The number of aryl methyl sites for hydroxylation is 1. The number of esters is 2. The van der Waals surface area contributed by atoms with Gasteiger partial charge in [-0.15, -0.1) is 11.3 Å². The molecule has 0 radical (unpaired) electrons. The molecule has 124 valence electrons. The summed E-state index contributed by atoms with van der Waals surface area (Å²) in [6, 6.07) is 0. The van der Waals surface area contributed by atoms with Crippen LogP contribution in [0.2, 0.25) is 0 Å². The van der Waals surface area contributed by atoms with Gasteiger partial charge >= 0.3 is 11.9 Å². The average molecular weight is 337 g/mol. The zero-order valence-corrected chi connectivity index (χ0v) is 14.0. The Bertz CT molecular complexity index is 647. The topological polar surface area (TPSA) is 81.7 Å². The van der Waals surface area contributed by atoms with E-state index in [9.17, 15) is 14.4 Å². The molecule has 1 N–H and O–H groups in total. The molecule has 0 atom stereocenters. The molecule has 1 aromatic heterocycles. The smallest absolute Gasteiger partial charge is 0.341 e. The molecule has 1 heterocycles. The van der Waals surface area contributed by atoms with Crippen LogP contribution in [-0.2, 0) is 31.9 Å². The second-order valence-electron chi connectivity index (χ2n) is 4.98. The van der Waals surface area contributed by atoms with Crippen molar-refractivity contribution in [1.82, 2.24) is 0 Å². The fourth-order valence-electron chi connectivity index (χ4n) is 2.46. The van der Waals surface area contributed by atoms with Crippen molar-refractivity contribution in [2.45, 2.75) is 32.6 Å². The monoisotopic (exact) mass is 337 g/mol. The molecule has 0 saturated carbocycles. The Hall–Kier alpha value is -2.15. The van der Waals surface area contributed by atoms with Crippen molar-refractivity contribution in [2.75, 3.05) is 19.0 Å². The Balaban J connectivity index is 2.19. The van der Waals surface area contributed by atoms with Gasteiger partial charge in [0.05, 0.1) is 19.3 Å². The molecule has 6 nitrogen and oxygen atoms in total. The van der Waals surface area contributed by atoms with Gasteiger partial charge in [-0.25, -0.2) is 9.59 Å². The van der Waals surface area contributed by atoms with E-state index >= 15 is 0 Å². The third kappa shape index (κ3) is 4.19. The predicted octanol–water partition coefficient (Wildman–Crippen LogP) is 2.47. The lowest BCUT2D eigenvalue weighted by molar-refractivity contribution is -0.137. The number of hydrogen-bond acceptors (Lipinski definition) is 6. The molecule has 0 fully saturated rings. The molecule has 0 aliphatic heterocycles. The van der Waals surface area contributed by atoms with Crippen LogP contribution >= 0.6 is 11.3 Å². The van der Waals surface area contributed by atoms with E-state index in [1.807, 2.05) is 0 Å². The molecule has 1 aliphatic rings. The van der Waals surface area contributed by atoms with Gasteiger partial charge in [0.15, 0.2) is 0 Å². The highest BCUT2D eigenvalue weighted by Crippen LogP contribution is 2.38. The Labute approximate surface area is 138 Å². The fraction of sp³-hybridized carbons (Fsp3) is 0.438. The standard InChI is InChI=1S/C16H19NO5S/c1-3-22-13(19)9-8-12(18)17-15-14(16(20)21-2)10-6-4-5-7-11(10)23-15/h8-9H,3-7H2,1-2H3,(H,17,18)/b9-8+. The Morgan fingerprint density at radius 1 is 1.22 bits per heavy atom. The summed E-state index contributed by atoms with van der Waals surface area (Å²) in [7, 11) is 1.32. The third-order valence-corrected chi connectivity index (χ3v) is 4.66. The second kappa shape index (κ2) is 7.92.